The van der Waals surface area contributed by atoms with Crippen molar-refractivity contribution in [3.63, 3.8) is 0 Å². The minimum absolute atomic E-state index is 0.000713. The zero-order valence-electron chi connectivity index (χ0n) is 19.6. The fraction of sp³-hybridized carbons (Fsp3) is 0.391. The molecule has 35 heavy (non-hydrogen) atoms. The van der Waals surface area contributed by atoms with E-state index in [1.54, 1.807) is 30.3 Å². The quantitative estimate of drug-likeness (QED) is 0.415. The van der Waals surface area contributed by atoms with E-state index in [1.807, 2.05) is 6.92 Å². The van der Waals surface area contributed by atoms with Crippen molar-refractivity contribution in [2.24, 2.45) is 0 Å². The second kappa shape index (κ2) is 11.8. The van der Waals surface area contributed by atoms with Crippen LogP contribution < -0.4 is 29.6 Å². The lowest BCUT2D eigenvalue weighted by Crippen LogP contribution is -2.39. The molecule has 1 amide bonds. The molecular formula is C23H28ClN3O6S2. The summed E-state index contributed by atoms with van der Waals surface area (Å²) in [5.74, 6) is 0.775. The molecule has 0 fully saturated rings. The molecule has 3 rings (SSSR count). The van der Waals surface area contributed by atoms with Gasteiger partial charge in [0, 0.05) is 24.2 Å². The van der Waals surface area contributed by atoms with E-state index in [-0.39, 0.29) is 27.6 Å². The van der Waals surface area contributed by atoms with Crippen LogP contribution in [0.15, 0.2) is 35.2 Å². The Bertz CT molecular complexity index is 1210. The van der Waals surface area contributed by atoms with Gasteiger partial charge in [0.25, 0.3) is 15.9 Å². The molecule has 0 spiro atoms. The summed E-state index contributed by atoms with van der Waals surface area (Å²) in [6, 6.07) is 7.96. The van der Waals surface area contributed by atoms with Crippen molar-refractivity contribution in [3.05, 3.63) is 46.5 Å². The normalized spacial score (nSPS) is 14.8. The number of sulfonamides is 1. The van der Waals surface area contributed by atoms with Crippen LogP contribution in [0.4, 0.5) is 0 Å². The van der Waals surface area contributed by atoms with Gasteiger partial charge in [-0.1, -0.05) is 11.6 Å². The first-order chi connectivity index (χ1) is 16.7. The molecule has 1 aliphatic heterocycles. The van der Waals surface area contributed by atoms with Crippen molar-refractivity contribution in [1.29, 1.82) is 0 Å². The average Bonchev–Trinajstić information content (AvgIpc) is 2.83. The van der Waals surface area contributed by atoms with Gasteiger partial charge in [-0.3, -0.25) is 9.52 Å². The predicted molar refractivity (Wildman–Crippen MR) is 137 cm³/mol. The van der Waals surface area contributed by atoms with Crippen molar-refractivity contribution < 1.29 is 27.4 Å². The summed E-state index contributed by atoms with van der Waals surface area (Å²) in [5.41, 5.74) is 1.06. The monoisotopic (exact) mass is 541 g/mol. The summed E-state index contributed by atoms with van der Waals surface area (Å²) in [7, 11) is -1.12. The molecule has 0 radical (unpaired) electrons. The third kappa shape index (κ3) is 6.47. The van der Waals surface area contributed by atoms with E-state index in [4.69, 9.17) is 38.0 Å². The van der Waals surface area contributed by atoms with Crippen molar-refractivity contribution in [3.8, 4) is 17.2 Å². The number of methoxy groups -OCH3 is 2. The van der Waals surface area contributed by atoms with Crippen LogP contribution in [0, 0.1) is 0 Å². The van der Waals surface area contributed by atoms with Gasteiger partial charge in [0.1, 0.15) is 22.1 Å². The van der Waals surface area contributed by atoms with Crippen LogP contribution in [-0.2, 0) is 10.0 Å². The molecule has 0 aliphatic carbocycles. The van der Waals surface area contributed by atoms with Crippen LogP contribution in [0.3, 0.4) is 0 Å². The maximum atomic E-state index is 13.0. The van der Waals surface area contributed by atoms with Crippen LogP contribution in [0.5, 0.6) is 17.2 Å². The van der Waals surface area contributed by atoms with Gasteiger partial charge in [-0.15, -0.1) is 0 Å². The number of thiocarbonyl (C=S) groups is 1. The SMILES string of the molecule is CCNC(=S)NS(=O)(=O)c1cc2c(cc1OC)OCCC2CCNC(=O)c1cc(Cl)ccc1OC. The van der Waals surface area contributed by atoms with E-state index < -0.39 is 10.0 Å². The maximum absolute atomic E-state index is 13.0. The van der Waals surface area contributed by atoms with Gasteiger partial charge < -0.3 is 24.8 Å². The summed E-state index contributed by atoms with van der Waals surface area (Å²) >= 11 is 11.1. The molecule has 3 N–H and O–H groups in total. The van der Waals surface area contributed by atoms with Crippen molar-refractivity contribution in [1.82, 2.24) is 15.4 Å². The summed E-state index contributed by atoms with van der Waals surface area (Å²) < 4.78 is 44.7. The minimum atomic E-state index is -3.99. The molecule has 2 aromatic rings. The van der Waals surface area contributed by atoms with Gasteiger partial charge in [0.2, 0.25) is 0 Å². The molecule has 0 aromatic heterocycles. The molecule has 1 atom stereocenters. The van der Waals surface area contributed by atoms with E-state index in [0.29, 0.717) is 54.6 Å². The van der Waals surface area contributed by atoms with Gasteiger partial charge in [-0.05, 0) is 67.7 Å². The fourth-order valence-corrected chi connectivity index (χ4v) is 5.58. The molecule has 0 bridgehead atoms. The first-order valence-electron chi connectivity index (χ1n) is 11.0. The summed E-state index contributed by atoms with van der Waals surface area (Å²) in [5, 5.41) is 6.08. The fourth-order valence-electron chi connectivity index (χ4n) is 3.82. The number of hydrogen-bond donors (Lipinski definition) is 3. The summed E-state index contributed by atoms with van der Waals surface area (Å²) in [6.07, 6.45) is 1.23. The Morgan fingerprint density at radius 3 is 2.60 bits per heavy atom. The van der Waals surface area contributed by atoms with E-state index in [0.717, 1.165) is 5.56 Å². The Morgan fingerprint density at radius 1 is 1.17 bits per heavy atom. The van der Waals surface area contributed by atoms with Gasteiger partial charge in [0.15, 0.2) is 5.11 Å². The van der Waals surface area contributed by atoms with Crippen LogP contribution in [0.1, 0.15) is 41.6 Å². The Labute approximate surface area is 215 Å². The molecule has 190 valence electrons. The number of fused-ring (bicyclic) bond motifs is 1. The number of nitrogens with one attached hydrogen (secondary N) is 3. The van der Waals surface area contributed by atoms with E-state index in [9.17, 15) is 13.2 Å². The number of ether oxygens (including phenoxy) is 3. The molecule has 1 aliphatic rings. The Hall–Kier alpha value is -2.76. The zero-order chi connectivity index (χ0) is 25.6. The molecule has 0 saturated carbocycles. The first kappa shape index (κ1) is 26.8. The Balaban J connectivity index is 1.79. The van der Waals surface area contributed by atoms with Crippen molar-refractivity contribution in [2.75, 3.05) is 33.9 Å². The highest BCUT2D eigenvalue weighted by atomic mass is 35.5. The molecule has 12 heteroatoms. The largest absolute Gasteiger partial charge is 0.496 e. The van der Waals surface area contributed by atoms with E-state index >= 15 is 0 Å². The Kier molecular flexibility index (Phi) is 9.03. The molecule has 1 heterocycles. The Morgan fingerprint density at radius 2 is 1.91 bits per heavy atom. The maximum Gasteiger partial charge on any atom is 0.267 e. The van der Waals surface area contributed by atoms with Gasteiger partial charge in [0.05, 0.1) is 26.4 Å². The third-order valence-electron chi connectivity index (χ3n) is 5.50. The van der Waals surface area contributed by atoms with Gasteiger partial charge in [-0.2, -0.15) is 0 Å². The lowest BCUT2D eigenvalue weighted by Gasteiger charge is -2.27. The number of carbonyl (C=O) groups excluding carboxylic acids is 1. The number of halogens is 1. The standard InChI is InChI=1S/C23H28ClN3O6S2/c1-4-25-23(34)27-35(29,30)21-12-16-14(8-10-33-19(16)13-20(21)32-3)7-9-26-22(28)17-11-15(24)5-6-18(17)31-2/h5-6,11-14H,4,7-10H2,1-3H3,(H,26,28)(H2,25,27,34). The van der Waals surface area contributed by atoms with Gasteiger partial charge in [-0.25, -0.2) is 8.42 Å². The first-order valence-corrected chi connectivity index (χ1v) is 13.2. The summed E-state index contributed by atoms with van der Waals surface area (Å²) in [6.45, 7) is 3.11. The van der Waals surface area contributed by atoms with Crippen LogP contribution >= 0.6 is 23.8 Å². The van der Waals surface area contributed by atoms with Crippen LogP contribution in [0.2, 0.25) is 5.02 Å². The zero-order valence-corrected chi connectivity index (χ0v) is 22.0. The van der Waals surface area contributed by atoms with Crippen LogP contribution in [0.25, 0.3) is 0 Å². The van der Waals surface area contributed by atoms with Crippen LogP contribution in [-0.4, -0.2) is 53.4 Å². The number of hydrogen-bond acceptors (Lipinski definition) is 7. The molecule has 2 aromatic carbocycles. The van der Waals surface area contributed by atoms with Crippen molar-refractivity contribution >= 4 is 44.9 Å². The summed E-state index contributed by atoms with van der Waals surface area (Å²) in [4.78, 5) is 12.7. The highest BCUT2D eigenvalue weighted by Gasteiger charge is 2.29. The predicted octanol–water partition coefficient (Wildman–Crippen LogP) is 3.22. The molecule has 0 saturated heterocycles. The average molecular weight is 542 g/mol. The van der Waals surface area contributed by atoms with Crippen molar-refractivity contribution in [2.45, 2.75) is 30.6 Å². The highest BCUT2D eigenvalue weighted by molar-refractivity contribution is 7.92. The number of amides is 1. The molecule has 1 unspecified atom stereocenters. The number of benzene rings is 2. The minimum Gasteiger partial charge on any atom is -0.496 e. The molecular weight excluding hydrogens is 514 g/mol. The smallest absolute Gasteiger partial charge is 0.267 e. The second-order valence-corrected chi connectivity index (χ2v) is 10.2. The molecule has 9 nitrogen and oxygen atoms in total. The highest BCUT2D eigenvalue weighted by Crippen LogP contribution is 2.41. The topological polar surface area (TPSA) is 115 Å². The third-order valence-corrected chi connectivity index (χ3v) is 7.48. The van der Waals surface area contributed by atoms with E-state index in [2.05, 4.69) is 15.4 Å². The second-order valence-electron chi connectivity index (χ2n) is 7.73. The number of rotatable bonds is 9. The van der Waals surface area contributed by atoms with E-state index in [1.165, 1.54) is 14.2 Å². The lowest BCUT2D eigenvalue weighted by molar-refractivity contribution is 0.0949. The van der Waals surface area contributed by atoms with Gasteiger partial charge >= 0.3 is 0 Å². The number of carbonyl (C=O) groups is 1. The lowest BCUT2D eigenvalue weighted by atomic mass is 9.90.